The fourth-order valence-corrected chi connectivity index (χ4v) is 8.12. The predicted octanol–water partition coefficient (Wildman–Crippen LogP) is 6.24. The van der Waals surface area contributed by atoms with Gasteiger partial charge in [0.05, 0.1) is 9.75 Å². The predicted molar refractivity (Wildman–Crippen MR) is 106 cm³/mol. The zero-order chi connectivity index (χ0) is 17.8. The van der Waals surface area contributed by atoms with Gasteiger partial charge in [-0.05, 0) is 84.1 Å². The Morgan fingerprint density at radius 2 is 1.31 bits per heavy atom. The van der Waals surface area contributed by atoms with Gasteiger partial charge in [0.1, 0.15) is 0 Å². The molecule has 2 heterocycles. The van der Waals surface area contributed by atoms with Crippen LogP contribution in [0.15, 0.2) is 35.0 Å². The number of thiophene rings is 2. The standard InChI is InChI=1S/C22H24O2S2/c23-17(19-3-1-5-25-19)12-21-8-15-7-16(9-21)11-22(10-15,14-21)13-18(24)20-4-2-6-26-20/h1-6,15-16H,7-14H2. The normalized spacial score (nSPS) is 34.9. The van der Waals surface area contributed by atoms with Crippen LogP contribution in [0.3, 0.4) is 0 Å². The Morgan fingerprint density at radius 1 is 0.846 bits per heavy atom. The van der Waals surface area contributed by atoms with Crippen molar-refractivity contribution < 1.29 is 9.59 Å². The summed E-state index contributed by atoms with van der Waals surface area (Å²) in [6.45, 7) is 0. The summed E-state index contributed by atoms with van der Waals surface area (Å²) in [5.41, 5.74) is 0.307. The smallest absolute Gasteiger partial charge is 0.173 e. The van der Waals surface area contributed by atoms with Crippen molar-refractivity contribution in [3.8, 4) is 0 Å². The molecule has 4 aliphatic carbocycles. The minimum Gasteiger partial charge on any atom is -0.293 e. The number of Topliss-reactive ketones (excluding diaryl/α,β-unsaturated/α-hetero) is 2. The van der Waals surface area contributed by atoms with Crippen LogP contribution in [-0.4, -0.2) is 11.6 Å². The number of rotatable bonds is 6. The molecule has 6 rings (SSSR count). The molecule has 0 amide bonds. The molecule has 2 aromatic rings. The van der Waals surface area contributed by atoms with E-state index in [0.717, 1.165) is 28.0 Å². The first-order chi connectivity index (χ1) is 12.5. The molecular weight excluding hydrogens is 360 g/mol. The number of ketones is 2. The average Bonchev–Trinajstić information content (AvgIpc) is 3.27. The van der Waals surface area contributed by atoms with Gasteiger partial charge in [0.25, 0.3) is 0 Å². The van der Waals surface area contributed by atoms with Gasteiger partial charge < -0.3 is 0 Å². The molecule has 136 valence electrons. The molecule has 0 saturated heterocycles. The van der Waals surface area contributed by atoms with E-state index >= 15 is 0 Å². The van der Waals surface area contributed by atoms with Gasteiger partial charge in [0, 0.05) is 12.8 Å². The monoisotopic (exact) mass is 384 g/mol. The lowest BCUT2D eigenvalue weighted by atomic mass is 9.42. The van der Waals surface area contributed by atoms with Crippen molar-refractivity contribution in [3.05, 3.63) is 44.8 Å². The summed E-state index contributed by atoms with van der Waals surface area (Å²) >= 11 is 3.13. The quantitative estimate of drug-likeness (QED) is 0.552. The summed E-state index contributed by atoms with van der Waals surface area (Å²) < 4.78 is 0. The van der Waals surface area contributed by atoms with Gasteiger partial charge in [-0.15, -0.1) is 22.7 Å². The summed E-state index contributed by atoms with van der Waals surface area (Å²) in [4.78, 5) is 27.5. The Balaban J connectivity index is 1.39. The van der Waals surface area contributed by atoms with Crippen LogP contribution in [0, 0.1) is 22.7 Å². The van der Waals surface area contributed by atoms with E-state index in [0.29, 0.717) is 24.4 Å². The van der Waals surface area contributed by atoms with Crippen molar-refractivity contribution in [2.24, 2.45) is 22.7 Å². The summed E-state index contributed by atoms with van der Waals surface area (Å²) in [6.07, 6.45) is 8.60. The third-order valence-corrected chi connectivity index (χ3v) is 8.79. The summed E-state index contributed by atoms with van der Waals surface area (Å²) in [5.74, 6) is 2.09. The zero-order valence-corrected chi connectivity index (χ0v) is 16.5. The van der Waals surface area contributed by atoms with Crippen LogP contribution in [-0.2, 0) is 0 Å². The summed E-state index contributed by atoms with van der Waals surface area (Å²) in [6, 6.07) is 7.87. The molecule has 0 radical (unpaired) electrons. The lowest BCUT2D eigenvalue weighted by Crippen LogP contribution is -2.53. The molecule has 2 nitrogen and oxygen atoms in total. The highest BCUT2D eigenvalue weighted by molar-refractivity contribution is 7.12. The molecule has 0 N–H and O–H groups in total. The Labute approximate surface area is 162 Å². The second-order valence-corrected chi connectivity index (χ2v) is 11.0. The molecule has 0 aliphatic heterocycles. The fraction of sp³-hybridized carbons (Fsp3) is 0.545. The molecule has 4 bridgehead atoms. The van der Waals surface area contributed by atoms with Crippen LogP contribution in [0.4, 0.5) is 0 Å². The lowest BCUT2D eigenvalue weighted by molar-refractivity contribution is -0.108. The van der Waals surface area contributed by atoms with Gasteiger partial charge in [0.15, 0.2) is 11.6 Å². The summed E-state index contributed by atoms with van der Waals surface area (Å²) in [5, 5.41) is 3.99. The van der Waals surface area contributed by atoms with E-state index in [-0.39, 0.29) is 10.8 Å². The Morgan fingerprint density at radius 3 is 1.69 bits per heavy atom. The third-order valence-electron chi connectivity index (χ3n) is 6.97. The van der Waals surface area contributed by atoms with Crippen LogP contribution in [0.1, 0.15) is 70.7 Å². The maximum absolute atomic E-state index is 12.8. The van der Waals surface area contributed by atoms with Gasteiger partial charge in [-0.2, -0.15) is 0 Å². The molecule has 4 aliphatic rings. The molecule has 0 atom stereocenters. The van der Waals surface area contributed by atoms with Gasteiger partial charge in [-0.1, -0.05) is 12.1 Å². The molecule has 4 saturated carbocycles. The SMILES string of the molecule is O=C(CC12CC3CC(C1)CC(CC(=O)c1cccs1)(C3)C2)c1cccs1. The molecule has 0 spiro atoms. The zero-order valence-electron chi connectivity index (χ0n) is 14.9. The van der Waals surface area contributed by atoms with E-state index in [1.54, 1.807) is 22.7 Å². The van der Waals surface area contributed by atoms with Crippen LogP contribution in [0.2, 0.25) is 0 Å². The second kappa shape index (κ2) is 6.13. The Bertz CT molecular complexity index is 738. The minimum absolute atomic E-state index is 0.154. The topological polar surface area (TPSA) is 34.1 Å². The molecule has 2 aromatic heterocycles. The molecular formula is C22H24O2S2. The first-order valence-electron chi connectivity index (χ1n) is 9.68. The van der Waals surface area contributed by atoms with Crippen molar-refractivity contribution in [3.63, 3.8) is 0 Å². The van der Waals surface area contributed by atoms with Crippen molar-refractivity contribution >= 4 is 34.2 Å². The first-order valence-corrected chi connectivity index (χ1v) is 11.4. The molecule has 0 unspecified atom stereocenters. The van der Waals surface area contributed by atoms with E-state index in [2.05, 4.69) is 0 Å². The highest BCUT2D eigenvalue weighted by Crippen LogP contribution is 2.67. The van der Waals surface area contributed by atoms with Gasteiger partial charge in [-0.3, -0.25) is 9.59 Å². The maximum atomic E-state index is 12.8. The van der Waals surface area contributed by atoms with Crippen molar-refractivity contribution in [2.75, 3.05) is 0 Å². The minimum atomic E-state index is 0.154. The van der Waals surface area contributed by atoms with Crippen LogP contribution >= 0.6 is 22.7 Å². The number of carbonyl (C=O) groups excluding carboxylic acids is 2. The largest absolute Gasteiger partial charge is 0.293 e. The van der Waals surface area contributed by atoms with Gasteiger partial charge in [0.2, 0.25) is 0 Å². The van der Waals surface area contributed by atoms with E-state index in [1.165, 1.54) is 32.1 Å². The van der Waals surface area contributed by atoms with Gasteiger partial charge in [-0.25, -0.2) is 0 Å². The van der Waals surface area contributed by atoms with Crippen LogP contribution in [0.5, 0.6) is 0 Å². The maximum Gasteiger partial charge on any atom is 0.173 e. The van der Waals surface area contributed by atoms with Gasteiger partial charge >= 0.3 is 0 Å². The van der Waals surface area contributed by atoms with E-state index in [1.807, 2.05) is 35.0 Å². The number of hydrogen-bond acceptors (Lipinski definition) is 4. The second-order valence-electron chi connectivity index (χ2n) is 9.12. The highest BCUT2D eigenvalue weighted by atomic mass is 32.1. The van der Waals surface area contributed by atoms with Crippen LogP contribution < -0.4 is 0 Å². The number of hydrogen-bond donors (Lipinski definition) is 0. The Hall–Kier alpha value is -1.26. The average molecular weight is 385 g/mol. The lowest BCUT2D eigenvalue weighted by Gasteiger charge is -2.62. The van der Waals surface area contributed by atoms with E-state index < -0.39 is 0 Å². The Kier molecular flexibility index (Phi) is 3.98. The highest BCUT2D eigenvalue weighted by Gasteiger charge is 2.58. The van der Waals surface area contributed by atoms with Crippen LogP contribution in [0.25, 0.3) is 0 Å². The molecule has 26 heavy (non-hydrogen) atoms. The van der Waals surface area contributed by atoms with Crippen molar-refractivity contribution in [2.45, 2.75) is 51.4 Å². The summed E-state index contributed by atoms with van der Waals surface area (Å²) in [7, 11) is 0. The van der Waals surface area contributed by atoms with Crippen molar-refractivity contribution in [1.29, 1.82) is 0 Å². The molecule has 4 heteroatoms. The number of carbonyl (C=O) groups is 2. The molecule has 0 aromatic carbocycles. The van der Waals surface area contributed by atoms with E-state index in [9.17, 15) is 9.59 Å². The fourth-order valence-electron chi connectivity index (χ4n) is 6.79. The van der Waals surface area contributed by atoms with E-state index in [4.69, 9.17) is 0 Å². The molecule has 4 fully saturated rings. The van der Waals surface area contributed by atoms with Crippen molar-refractivity contribution in [1.82, 2.24) is 0 Å². The third kappa shape index (κ3) is 2.91. The first kappa shape index (κ1) is 16.9.